The molecule has 0 bridgehead atoms. The minimum absolute atomic E-state index is 0. The molecule has 1 heterocycles. The van der Waals surface area contributed by atoms with Crippen molar-refractivity contribution >= 4 is 11.4 Å². The van der Waals surface area contributed by atoms with Crippen LogP contribution >= 0.6 is 0 Å². The zero-order chi connectivity index (χ0) is 34.6. The number of allylic oxidation sites excluding steroid dienone is 2. The maximum atomic E-state index is 11.0. The van der Waals surface area contributed by atoms with Crippen LogP contribution in [-0.2, 0) is 33.3 Å². The van der Waals surface area contributed by atoms with Crippen LogP contribution in [0.5, 0.6) is 0 Å². The molecule has 52 heavy (non-hydrogen) atoms. The Kier molecular flexibility index (Phi) is 32.5. The van der Waals surface area contributed by atoms with Gasteiger partial charge in [0.15, 0.2) is 0 Å². The van der Waals surface area contributed by atoms with E-state index in [4.69, 9.17) is 0 Å². The first-order valence-corrected chi connectivity index (χ1v) is 21.3. The standard InChI is InChI=1S/C47H74N2.2CH3.Pd/c1-3-5-7-8-9-10-11-12-13-14-15-16-17-18-19-20-21-22-23-24-25-26-27-29-31-42-35-37-44(38-36-42)46-39-40-47(49(46)48)45-34-30-33-43(41-45)32-28-6-4-2;;;/h30,33-41H,3-29,31-32H2,1-2H3;2*1H3;/q;2*-1;+2. The molecule has 0 unspecified atom stereocenters. The van der Waals surface area contributed by atoms with Gasteiger partial charge in [0.25, 0.3) is 0 Å². The van der Waals surface area contributed by atoms with Gasteiger partial charge in [0.1, 0.15) is 0 Å². The smallest absolute Gasteiger partial charge is 0.493 e. The van der Waals surface area contributed by atoms with Gasteiger partial charge in [-0.1, -0.05) is 199 Å². The van der Waals surface area contributed by atoms with Crippen LogP contribution in [0.1, 0.15) is 209 Å². The van der Waals surface area contributed by atoms with Crippen molar-refractivity contribution in [3.05, 3.63) is 103 Å². The maximum Gasteiger partial charge on any atom is 2.00 e. The topological polar surface area (TPSA) is 25.3 Å². The van der Waals surface area contributed by atoms with Gasteiger partial charge in [-0.25, -0.2) is 4.70 Å². The summed E-state index contributed by atoms with van der Waals surface area (Å²) in [5.74, 6) is 0. The summed E-state index contributed by atoms with van der Waals surface area (Å²) in [6, 6.07) is 17.5. The monoisotopic (exact) mass is 803 g/mol. The Morgan fingerprint density at radius 1 is 0.404 bits per heavy atom. The fraction of sp³-hybridized carbons (Fsp3) is 0.633. The molecule has 0 radical (unpaired) electrons. The van der Waals surface area contributed by atoms with E-state index in [2.05, 4.69) is 62.4 Å². The van der Waals surface area contributed by atoms with Crippen LogP contribution in [0.25, 0.3) is 16.9 Å². The largest absolute Gasteiger partial charge is 2.00 e. The molecule has 3 heteroatoms. The fourth-order valence-corrected chi connectivity index (χ4v) is 7.46. The second-order valence-electron chi connectivity index (χ2n) is 15.2. The third-order valence-electron chi connectivity index (χ3n) is 10.7. The average Bonchev–Trinajstić information content (AvgIpc) is 3.51. The van der Waals surface area contributed by atoms with Crippen LogP contribution < -0.4 is 0 Å². The van der Waals surface area contributed by atoms with Gasteiger partial charge in [-0.2, -0.15) is 0 Å². The van der Waals surface area contributed by atoms with Crippen molar-refractivity contribution < 1.29 is 25.1 Å². The Bertz CT molecular complexity index is 1190. The van der Waals surface area contributed by atoms with Crippen molar-refractivity contribution in [2.45, 2.75) is 200 Å². The van der Waals surface area contributed by atoms with Crippen LogP contribution in [-0.4, -0.2) is 4.70 Å². The Hall–Kier alpha value is -1.82. The van der Waals surface area contributed by atoms with E-state index in [0.717, 1.165) is 35.4 Å². The van der Waals surface area contributed by atoms with E-state index in [-0.39, 0.29) is 35.3 Å². The van der Waals surface area contributed by atoms with Gasteiger partial charge >= 0.3 is 20.4 Å². The van der Waals surface area contributed by atoms with Gasteiger partial charge in [0.2, 0.25) is 11.4 Å². The Balaban J connectivity index is 0.00000867. The fourth-order valence-electron chi connectivity index (χ4n) is 7.46. The zero-order valence-electron chi connectivity index (χ0n) is 34.5. The summed E-state index contributed by atoms with van der Waals surface area (Å²) in [4.78, 5) is 0. The van der Waals surface area contributed by atoms with Gasteiger partial charge in [-0.3, -0.25) is 0 Å². The van der Waals surface area contributed by atoms with Gasteiger partial charge < -0.3 is 20.4 Å². The van der Waals surface area contributed by atoms with Crippen LogP contribution in [0.15, 0.2) is 60.7 Å². The van der Waals surface area contributed by atoms with Crippen molar-refractivity contribution in [3.8, 4) is 0 Å². The van der Waals surface area contributed by atoms with E-state index in [1.54, 1.807) is 0 Å². The molecule has 0 saturated heterocycles. The van der Waals surface area contributed by atoms with Crippen LogP contribution in [0.4, 0.5) is 0 Å². The van der Waals surface area contributed by atoms with Gasteiger partial charge in [0.05, 0.1) is 0 Å². The number of rotatable bonds is 31. The quantitative estimate of drug-likeness (QED) is 0.0314. The first kappa shape index (κ1) is 50.2. The predicted octanol–water partition coefficient (Wildman–Crippen LogP) is 16.7. The predicted molar refractivity (Wildman–Crippen MR) is 229 cm³/mol. The summed E-state index contributed by atoms with van der Waals surface area (Å²) in [5.41, 5.74) is 17.6. The Morgan fingerprint density at radius 3 is 1.19 bits per heavy atom. The van der Waals surface area contributed by atoms with Crippen molar-refractivity contribution in [1.82, 2.24) is 0 Å². The summed E-state index contributed by atoms with van der Waals surface area (Å²) < 4.78 is 1.36. The third-order valence-corrected chi connectivity index (χ3v) is 10.7. The molecule has 0 fully saturated rings. The van der Waals surface area contributed by atoms with Crippen molar-refractivity contribution in [1.29, 1.82) is 0 Å². The molecule has 0 aromatic heterocycles. The first-order valence-electron chi connectivity index (χ1n) is 21.3. The molecule has 2 aromatic rings. The summed E-state index contributed by atoms with van der Waals surface area (Å²) in [5, 5.41) is 0. The van der Waals surface area contributed by atoms with E-state index in [1.807, 2.05) is 12.2 Å². The van der Waals surface area contributed by atoms with Crippen LogP contribution in [0, 0.1) is 14.9 Å². The normalized spacial score (nSPS) is 12.2. The van der Waals surface area contributed by atoms with Crippen molar-refractivity contribution in [3.63, 3.8) is 0 Å². The SMILES string of the molecule is CCCCCCCCCCCCCCCCCCCCCCCCCCc1ccc(C2=CC=C(c3cccc(CCCCC)c3)[N+]2=[N-])cc1.[CH3-].[CH3-].[Pd+2]. The van der Waals surface area contributed by atoms with E-state index < -0.39 is 0 Å². The summed E-state index contributed by atoms with van der Waals surface area (Å²) in [6.07, 6.45) is 44.5. The minimum atomic E-state index is 0. The second-order valence-corrected chi connectivity index (χ2v) is 15.2. The van der Waals surface area contributed by atoms with E-state index in [9.17, 15) is 5.53 Å². The molecule has 296 valence electrons. The molecule has 2 aromatic carbocycles. The molecule has 0 N–H and O–H groups in total. The van der Waals surface area contributed by atoms with Gasteiger partial charge in [-0.05, 0) is 61.1 Å². The molecule has 0 aliphatic carbocycles. The number of benzene rings is 2. The van der Waals surface area contributed by atoms with E-state index in [0.29, 0.717) is 0 Å². The van der Waals surface area contributed by atoms with Crippen molar-refractivity contribution in [2.75, 3.05) is 0 Å². The second kappa shape index (κ2) is 33.7. The number of unbranched alkanes of at least 4 members (excludes halogenated alkanes) is 25. The molecule has 3 rings (SSSR count). The number of hydrogen-bond donors (Lipinski definition) is 0. The average molecular weight is 804 g/mol. The number of aryl methyl sites for hydroxylation is 2. The van der Waals surface area contributed by atoms with Gasteiger partial charge in [0, 0.05) is 23.3 Å². The molecular formula is C49H80N2Pd. The van der Waals surface area contributed by atoms with Crippen molar-refractivity contribution in [2.24, 2.45) is 0 Å². The van der Waals surface area contributed by atoms with Crippen LogP contribution in [0.2, 0.25) is 0 Å². The molecule has 1 aliphatic rings. The zero-order valence-corrected chi connectivity index (χ0v) is 36.0. The molecule has 2 nitrogen and oxygen atoms in total. The third kappa shape index (κ3) is 21.8. The maximum absolute atomic E-state index is 11.0. The summed E-state index contributed by atoms with van der Waals surface area (Å²) in [7, 11) is 0. The van der Waals surface area contributed by atoms with E-state index >= 15 is 0 Å². The van der Waals surface area contributed by atoms with Gasteiger partial charge in [-0.15, -0.1) is 0 Å². The summed E-state index contributed by atoms with van der Waals surface area (Å²) in [6.45, 7) is 4.55. The van der Waals surface area contributed by atoms with E-state index in [1.165, 1.54) is 189 Å². The summed E-state index contributed by atoms with van der Waals surface area (Å²) >= 11 is 0. The molecule has 0 atom stereocenters. The Morgan fingerprint density at radius 2 is 0.750 bits per heavy atom. The number of hydrogen-bond acceptors (Lipinski definition) is 0. The molecule has 0 saturated carbocycles. The molecule has 0 amide bonds. The molecular weight excluding hydrogens is 723 g/mol. The minimum Gasteiger partial charge on any atom is -0.493 e. The molecule has 0 spiro atoms. The first-order chi connectivity index (χ1) is 24.2. The molecule has 1 aliphatic heterocycles. The number of nitrogens with zero attached hydrogens (tertiary/aromatic N) is 2. The Labute approximate surface area is 338 Å². The van der Waals surface area contributed by atoms with Crippen LogP contribution in [0.3, 0.4) is 0 Å².